The summed E-state index contributed by atoms with van der Waals surface area (Å²) < 4.78 is 0. The fraction of sp³-hybridized carbons (Fsp3) is 0.870. The maximum absolute atomic E-state index is 9.67. The molecule has 1 unspecified atom stereocenters. The molecule has 1 aliphatic heterocycles. The Morgan fingerprint density at radius 2 is 1.38 bits per heavy atom. The van der Waals surface area contributed by atoms with Gasteiger partial charge in [0.15, 0.2) is 0 Å². The van der Waals surface area contributed by atoms with Gasteiger partial charge in [-0.1, -0.05) is 96.5 Å². The zero-order valence-corrected chi connectivity index (χ0v) is 17.6. The predicted octanol–water partition coefficient (Wildman–Crippen LogP) is 6.47. The van der Waals surface area contributed by atoms with E-state index in [1.54, 1.807) is 0 Å². The lowest BCUT2D eigenvalue weighted by molar-refractivity contribution is 0.0788. The number of aliphatic imine (C=N–C) groups is 1. The molecule has 1 atom stereocenters. The third-order valence-electron chi connectivity index (χ3n) is 5.35. The maximum atomic E-state index is 9.67. The lowest BCUT2D eigenvalue weighted by atomic mass is 10.0. The number of unbranched alkanes of at least 4 members (excludes halogenated alkanes) is 14. The Morgan fingerprint density at radius 3 is 1.88 bits per heavy atom. The van der Waals surface area contributed by atoms with Crippen LogP contribution >= 0.6 is 0 Å². The van der Waals surface area contributed by atoms with E-state index in [2.05, 4.69) is 24.1 Å². The van der Waals surface area contributed by atoms with Crippen LogP contribution in [0.3, 0.4) is 0 Å². The summed E-state index contributed by atoms with van der Waals surface area (Å²) >= 11 is 0. The van der Waals surface area contributed by atoms with Gasteiger partial charge in [0.2, 0.25) is 0 Å². The molecule has 0 aromatic heterocycles. The van der Waals surface area contributed by atoms with Gasteiger partial charge in [0.05, 0.1) is 6.54 Å². The molecule has 0 aromatic rings. The van der Waals surface area contributed by atoms with E-state index in [0.717, 1.165) is 25.3 Å². The van der Waals surface area contributed by atoms with Gasteiger partial charge < -0.3 is 10.0 Å². The predicted molar refractivity (Wildman–Crippen MR) is 115 cm³/mol. The summed E-state index contributed by atoms with van der Waals surface area (Å²) in [4.78, 5) is 6.40. The molecule has 0 bridgehead atoms. The molecular weight excluding hydrogens is 320 g/mol. The molecular formula is C23H44N2O. The quantitative estimate of drug-likeness (QED) is 0.300. The zero-order valence-electron chi connectivity index (χ0n) is 17.6. The van der Waals surface area contributed by atoms with Crippen LogP contribution in [-0.4, -0.2) is 35.2 Å². The van der Waals surface area contributed by atoms with Gasteiger partial charge in [-0.3, -0.25) is 4.99 Å². The Morgan fingerprint density at radius 1 is 0.885 bits per heavy atom. The van der Waals surface area contributed by atoms with Gasteiger partial charge in [-0.05, 0) is 25.8 Å². The van der Waals surface area contributed by atoms with E-state index in [0.29, 0.717) is 0 Å². The van der Waals surface area contributed by atoms with Crippen LogP contribution in [0.4, 0.5) is 0 Å². The molecule has 0 saturated carbocycles. The second-order valence-electron chi connectivity index (χ2n) is 7.85. The van der Waals surface area contributed by atoms with Gasteiger partial charge in [-0.25, -0.2) is 0 Å². The van der Waals surface area contributed by atoms with Gasteiger partial charge in [-0.2, -0.15) is 0 Å². The number of allylic oxidation sites excluding steroid dienone is 1. The summed E-state index contributed by atoms with van der Waals surface area (Å²) in [7, 11) is 0. The molecule has 3 heteroatoms. The number of amidine groups is 1. The molecule has 26 heavy (non-hydrogen) atoms. The van der Waals surface area contributed by atoms with Gasteiger partial charge in [0.25, 0.3) is 0 Å². The molecule has 1 N–H and O–H groups in total. The lowest BCUT2D eigenvalue weighted by Gasteiger charge is -2.21. The van der Waals surface area contributed by atoms with Crippen molar-refractivity contribution in [2.75, 3.05) is 13.1 Å². The molecule has 1 rings (SSSR count). The lowest BCUT2D eigenvalue weighted by Crippen LogP contribution is -2.34. The van der Waals surface area contributed by atoms with Crippen molar-refractivity contribution in [3.8, 4) is 0 Å². The molecule has 0 radical (unpaired) electrons. The van der Waals surface area contributed by atoms with Crippen LogP contribution in [0.5, 0.6) is 0 Å². The first kappa shape index (κ1) is 23.2. The summed E-state index contributed by atoms with van der Waals surface area (Å²) in [6.45, 7) is 5.75. The highest BCUT2D eigenvalue weighted by molar-refractivity contribution is 5.94. The second-order valence-corrected chi connectivity index (χ2v) is 7.85. The zero-order chi connectivity index (χ0) is 18.9. The third kappa shape index (κ3) is 11.7. The maximum Gasteiger partial charge on any atom is 0.125 e. The van der Waals surface area contributed by atoms with Crippen molar-refractivity contribution in [2.24, 2.45) is 4.99 Å². The number of nitrogens with zero attached hydrogens (tertiary/aromatic N) is 2. The molecule has 0 aliphatic carbocycles. The first-order chi connectivity index (χ1) is 12.8. The van der Waals surface area contributed by atoms with Gasteiger partial charge >= 0.3 is 0 Å². The Kier molecular flexibility index (Phi) is 14.6. The molecule has 152 valence electrons. The van der Waals surface area contributed by atoms with E-state index in [9.17, 15) is 5.11 Å². The van der Waals surface area contributed by atoms with Crippen molar-refractivity contribution in [1.29, 1.82) is 0 Å². The van der Waals surface area contributed by atoms with Crippen molar-refractivity contribution in [1.82, 2.24) is 4.90 Å². The summed E-state index contributed by atoms with van der Waals surface area (Å²) in [5.74, 6) is 0.949. The van der Waals surface area contributed by atoms with Crippen molar-refractivity contribution >= 4 is 5.84 Å². The van der Waals surface area contributed by atoms with Crippen molar-refractivity contribution < 1.29 is 5.11 Å². The number of aliphatic hydroxyl groups is 1. The van der Waals surface area contributed by atoms with Crippen LogP contribution in [0.25, 0.3) is 0 Å². The van der Waals surface area contributed by atoms with Gasteiger partial charge in [-0.15, -0.1) is 0 Å². The van der Waals surface area contributed by atoms with E-state index < -0.39 is 6.23 Å². The molecule has 0 aromatic carbocycles. The SMILES string of the molecule is CCCCCCCCCCCCCCCC/C=C/C1=NCCN1C(C)O. The van der Waals surface area contributed by atoms with E-state index >= 15 is 0 Å². The van der Waals surface area contributed by atoms with Crippen LogP contribution in [0.1, 0.15) is 110 Å². The van der Waals surface area contributed by atoms with Crippen molar-refractivity contribution in [3.63, 3.8) is 0 Å². The number of hydrogen-bond acceptors (Lipinski definition) is 3. The molecule has 1 aliphatic rings. The van der Waals surface area contributed by atoms with Crippen LogP contribution < -0.4 is 0 Å². The summed E-state index contributed by atoms with van der Waals surface area (Å²) in [6.07, 6.45) is 24.7. The van der Waals surface area contributed by atoms with Crippen LogP contribution in [0, 0.1) is 0 Å². The highest BCUT2D eigenvalue weighted by Gasteiger charge is 2.17. The van der Waals surface area contributed by atoms with E-state index in [1.807, 2.05) is 11.8 Å². The van der Waals surface area contributed by atoms with E-state index in [1.165, 1.54) is 89.9 Å². The molecule has 0 spiro atoms. The van der Waals surface area contributed by atoms with Crippen LogP contribution in [-0.2, 0) is 0 Å². The van der Waals surface area contributed by atoms with E-state index in [-0.39, 0.29) is 0 Å². The van der Waals surface area contributed by atoms with E-state index in [4.69, 9.17) is 0 Å². The minimum absolute atomic E-state index is 0.429. The standard InChI is InChI=1S/C23H44N2O/c1-3-4-5-6-7-8-9-10-11-12-13-14-15-16-17-18-19-23-24-20-21-25(23)22(2)26/h18-19,22,26H,3-17,20-21H2,1-2H3/b19-18+. The average Bonchev–Trinajstić information content (AvgIpc) is 3.10. The van der Waals surface area contributed by atoms with Crippen molar-refractivity contribution in [3.05, 3.63) is 12.2 Å². The Balaban J connectivity index is 1.82. The third-order valence-corrected chi connectivity index (χ3v) is 5.35. The minimum Gasteiger partial charge on any atom is -0.374 e. The fourth-order valence-electron chi connectivity index (χ4n) is 3.65. The molecule has 0 fully saturated rings. The molecule has 0 amide bonds. The van der Waals surface area contributed by atoms with Crippen molar-refractivity contribution in [2.45, 2.75) is 116 Å². The number of rotatable bonds is 17. The number of aliphatic hydroxyl groups excluding tert-OH is 1. The highest BCUT2D eigenvalue weighted by atomic mass is 16.3. The fourth-order valence-corrected chi connectivity index (χ4v) is 3.65. The van der Waals surface area contributed by atoms with Gasteiger partial charge in [0, 0.05) is 6.54 Å². The van der Waals surface area contributed by atoms with Crippen LogP contribution in [0.15, 0.2) is 17.1 Å². The smallest absolute Gasteiger partial charge is 0.125 e. The largest absolute Gasteiger partial charge is 0.374 e. The minimum atomic E-state index is -0.429. The first-order valence-corrected chi connectivity index (χ1v) is 11.4. The van der Waals surface area contributed by atoms with Gasteiger partial charge in [0.1, 0.15) is 12.1 Å². The van der Waals surface area contributed by atoms with Crippen LogP contribution in [0.2, 0.25) is 0 Å². The Bertz CT molecular complexity index is 376. The highest BCUT2D eigenvalue weighted by Crippen LogP contribution is 2.13. The summed E-state index contributed by atoms with van der Waals surface area (Å²) in [5.41, 5.74) is 0. The monoisotopic (exact) mass is 364 g/mol. The topological polar surface area (TPSA) is 35.8 Å². The summed E-state index contributed by atoms with van der Waals surface area (Å²) in [6, 6.07) is 0. The molecule has 3 nitrogen and oxygen atoms in total. The first-order valence-electron chi connectivity index (χ1n) is 11.4. The number of hydrogen-bond donors (Lipinski definition) is 1. The normalized spacial score (nSPS) is 15.8. The average molecular weight is 365 g/mol. The Labute approximate surface area is 163 Å². The molecule has 0 saturated heterocycles. The second kappa shape index (κ2) is 16.4. The Hall–Kier alpha value is -0.830. The summed E-state index contributed by atoms with van der Waals surface area (Å²) in [5, 5.41) is 9.67. The molecule has 1 heterocycles.